The van der Waals surface area contributed by atoms with Gasteiger partial charge in [0.05, 0.1) is 10.6 Å². The molecular weight excluding hydrogens is 471 g/mol. The SMILES string of the molecule is CC(CCc1ccccc1)NC(=O)C1CSC(c2cccc(F)c2)N1C(=O)c1ccccc1Cl. The number of carbonyl (C=O) groups excluding carboxylic acids is 2. The first-order chi connectivity index (χ1) is 16.4. The summed E-state index contributed by atoms with van der Waals surface area (Å²) >= 11 is 7.76. The number of aryl methyl sites for hydroxylation is 1. The fourth-order valence-electron chi connectivity index (χ4n) is 4.09. The zero-order valence-corrected chi connectivity index (χ0v) is 20.4. The molecule has 0 spiro atoms. The second-order valence-electron chi connectivity index (χ2n) is 8.38. The van der Waals surface area contributed by atoms with Gasteiger partial charge in [-0.3, -0.25) is 9.59 Å². The largest absolute Gasteiger partial charge is 0.352 e. The molecule has 3 atom stereocenters. The van der Waals surface area contributed by atoms with Crippen molar-refractivity contribution in [1.29, 1.82) is 0 Å². The Bertz CT molecular complexity index is 1160. The highest BCUT2D eigenvalue weighted by atomic mass is 35.5. The van der Waals surface area contributed by atoms with Gasteiger partial charge in [-0.2, -0.15) is 0 Å². The molecule has 3 aromatic carbocycles. The Morgan fingerprint density at radius 3 is 2.56 bits per heavy atom. The first-order valence-electron chi connectivity index (χ1n) is 11.2. The van der Waals surface area contributed by atoms with Crippen LogP contribution >= 0.6 is 23.4 Å². The maximum atomic E-state index is 14.0. The molecule has 0 radical (unpaired) electrons. The zero-order valence-electron chi connectivity index (χ0n) is 18.8. The van der Waals surface area contributed by atoms with Gasteiger partial charge in [0.15, 0.2) is 0 Å². The average Bonchev–Trinajstić information content (AvgIpc) is 3.29. The summed E-state index contributed by atoms with van der Waals surface area (Å²) in [5.74, 6) is -0.533. The van der Waals surface area contributed by atoms with Gasteiger partial charge in [-0.05, 0) is 55.2 Å². The molecule has 4 nitrogen and oxygen atoms in total. The number of carbonyl (C=O) groups is 2. The van der Waals surface area contributed by atoms with Gasteiger partial charge in [-0.25, -0.2) is 4.39 Å². The molecule has 3 aromatic rings. The van der Waals surface area contributed by atoms with E-state index in [1.165, 1.54) is 29.5 Å². The van der Waals surface area contributed by atoms with Crippen molar-refractivity contribution in [3.8, 4) is 0 Å². The molecule has 3 unspecified atom stereocenters. The van der Waals surface area contributed by atoms with E-state index in [1.807, 2.05) is 25.1 Å². The number of hydrogen-bond donors (Lipinski definition) is 1. The fourth-order valence-corrected chi connectivity index (χ4v) is 5.72. The lowest BCUT2D eigenvalue weighted by Gasteiger charge is -2.30. The van der Waals surface area contributed by atoms with Crippen LogP contribution < -0.4 is 5.32 Å². The Balaban J connectivity index is 1.54. The monoisotopic (exact) mass is 496 g/mol. The van der Waals surface area contributed by atoms with Gasteiger partial charge in [-0.15, -0.1) is 11.8 Å². The van der Waals surface area contributed by atoms with E-state index in [-0.39, 0.29) is 23.7 Å². The van der Waals surface area contributed by atoms with Crippen LogP contribution in [0.2, 0.25) is 5.02 Å². The van der Waals surface area contributed by atoms with Crippen LogP contribution in [0, 0.1) is 5.82 Å². The van der Waals surface area contributed by atoms with Crippen molar-refractivity contribution in [3.05, 3.63) is 106 Å². The molecule has 1 fully saturated rings. The molecule has 2 amide bonds. The van der Waals surface area contributed by atoms with E-state index in [4.69, 9.17) is 11.6 Å². The lowest BCUT2D eigenvalue weighted by atomic mass is 10.1. The van der Waals surface area contributed by atoms with Crippen LogP contribution in [0.4, 0.5) is 4.39 Å². The second kappa shape index (κ2) is 11.1. The minimum atomic E-state index is -0.693. The molecule has 0 aromatic heterocycles. The third kappa shape index (κ3) is 5.62. The van der Waals surface area contributed by atoms with Crippen LogP contribution in [0.25, 0.3) is 0 Å². The average molecular weight is 497 g/mol. The maximum Gasteiger partial charge on any atom is 0.257 e. The van der Waals surface area contributed by atoms with Crippen LogP contribution in [0.1, 0.15) is 40.2 Å². The Labute approximate surface area is 208 Å². The number of hydrogen-bond acceptors (Lipinski definition) is 3. The van der Waals surface area contributed by atoms with E-state index < -0.39 is 11.4 Å². The van der Waals surface area contributed by atoms with Gasteiger partial charge in [0.1, 0.15) is 17.2 Å². The van der Waals surface area contributed by atoms with Crippen molar-refractivity contribution >= 4 is 35.2 Å². The Morgan fingerprint density at radius 1 is 1.09 bits per heavy atom. The quantitative estimate of drug-likeness (QED) is 0.445. The van der Waals surface area contributed by atoms with Crippen molar-refractivity contribution in [2.24, 2.45) is 0 Å². The highest BCUT2D eigenvalue weighted by Crippen LogP contribution is 2.43. The lowest BCUT2D eigenvalue weighted by molar-refractivity contribution is -0.125. The van der Waals surface area contributed by atoms with Crippen molar-refractivity contribution in [1.82, 2.24) is 10.2 Å². The normalized spacial score (nSPS) is 18.5. The molecule has 1 N–H and O–H groups in total. The van der Waals surface area contributed by atoms with Gasteiger partial charge in [0.2, 0.25) is 5.91 Å². The minimum Gasteiger partial charge on any atom is -0.352 e. The fraction of sp³-hybridized carbons (Fsp3) is 0.259. The summed E-state index contributed by atoms with van der Waals surface area (Å²) in [6, 6.07) is 22.3. The molecule has 1 aliphatic rings. The summed E-state index contributed by atoms with van der Waals surface area (Å²) in [5.41, 5.74) is 2.17. The van der Waals surface area contributed by atoms with Crippen molar-refractivity contribution < 1.29 is 14.0 Å². The van der Waals surface area contributed by atoms with Gasteiger partial charge >= 0.3 is 0 Å². The highest BCUT2D eigenvalue weighted by Gasteiger charge is 2.43. The summed E-state index contributed by atoms with van der Waals surface area (Å²) in [5, 5.41) is 2.90. The molecule has 1 saturated heterocycles. The topological polar surface area (TPSA) is 49.4 Å². The molecule has 4 rings (SSSR count). The number of amides is 2. The van der Waals surface area contributed by atoms with Crippen molar-refractivity contribution in [2.75, 3.05) is 5.75 Å². The molecule has 1 heterocycles. The number of halogens is 2. The standard InChI is InChI=1S/C27H26ClFN2O2S/c1-18(14-15-19-8-3-2-4-9-19)30-25(32)24-17-34-27(20-10-7-11-21(29)16-20)31(24)26(33)22-12-5-6-13-23(22)28/h2-13,16,18,24,27H,14-15,17H2,1H3,(H,30,32). The van der Waals surface area contributed by atoms with Crippen LogP contribution in [0.15, 0.2) is 78.9 Å². The van der Waals surface area contributed by atoms with Crippen LogP contribution in [0.5, 0.6) is 0 Å². The number of nitrogens with one attached hydrogen (secondary N) is 1. The Morgan fingerprint density at radius 2 is 1.82 bits per heavy atom. The van der Waals surface area contributed by atoms with Crippen LogP contribution in [-0.2, 0) is 11.2 Å². The molecule has 34 heavy (non-hydrogen) atoms. The minimum absolute atomic E-state index is 0.0665. The summed E-state index contributed by atoms with van der Waals surface area (Å²) in [6.45, 7) is 1.97. The molecule has 176 valence electrons. The molecule has 0 aliphatic carbocycles. The Kier molecular flexibility index (Phi) is 7.91. The third-order valence-corrected chi connectivity index (χ3v) is 7.53. The van der Waals surface area contributed by atoms with E-state index in [1.54, 1.807) is 41.3 Å². The van der Waals surface area contributed by atoms with Crippen molar-refractivity contribution in [3.63, 3.8) is 0 Å². The number of rotatable bonds is 7. The first kappa shape index (κ1) is 24.3. The molecule has 0 saturated carbocycles. The number of benzene rings is 3. The Hall–Kier alpha value is -2.83. The summed E-state index contributed by atoms with van der Waals surface area (Å²) in [4.78, 5) is 28.5. The van der Waals surface area contributed by atoms with Crippen LogP contribution in [0.3, 0.4) is 0 Å². The summed E-state index contributed by atoms with van der Waals surface area (Å²) < 4.78 is 14.0. The zero-order chi connectivity index (χ0) is 24.1. The molecule has 7 heteroatoms. The third-order valence-electron chi connectivity index (χ3n) is 5.87. The molecule has 0 bridgehead atoms. The lowest BCUT2D eigenvalue weighted by Crippen LogP contribution is -2.50. The van der Waals surface area contributed by atoms with Crippen LogP contribution in [-0.4, -0.2) is 34.6 Å². The van der Waals surface area contributed by atoms with E-state index in [0.29, 0.717) is 21.9 Å². The van der Waals surface area contributed by atoms with E-state index in [2.05, 4.69) is 17.4 Å². The van der Waals surface area contributed by atoms with Gasteiger partial charge in [0, 0.05) is 11.8 Å². The molecule has 1 aliphatic heterocycles. The summed E-state index contributed by atoms with van der Waals surface area (Å²) in [7, 11) is 0. The predicted molar refractivity (Wildman–Crippen MR) is 135 cm³/mol. The highest BCUT2D eigenvalue weighted by molar-refractivity contribution is 7.99. The van der Waals surface area contributed by atoms with E-state index in [9.17, 15) is 14.0 Å². The molecular formula is C27H26ClFN2O2S. The summed E-state index contributed by atoms with van der Waals surface area (Å²) in [6.07, 6.45) is 1.62. The predicted octanol–water partition coefficient (Wildman–Crippen LogP) is 5.87. The van der Waals surface area contributed by atoms with E-state index >= 15 is 0 Å². The van der Waals surface area contributed by atoms with Gasteiger partial charge < -0.3 is 10.2 Å². The second-order valence-corrected chi connectivity index (χ2v) is 9.90. The number of nitrogens with zero attached hydrogens (tertiary/aromatic N) is 1. The van der Waals surface area contributed by atoms with Gasteiger partial charge in [0.25, 0.3) is 5.91 Å². The van der Waals surface area contributed by atoms with E-state index in [0.717, 1.165) is 12.8 Å². The smallest absolute Gasteiger partial charge is 0.257 e. The van der Waals surface area contributed by atoms with Gasteiger partial charge in [-0.1, -0.05) is 66.2 Å². The van der Waals surface area contributed by atoms with Crippen molar-refractivity contribution in [2.45, 2.75) is 37.2 Å². The number of thioether (sulfide) groups is 1. The first-order valence-corrected chi connectivity index (χ1v) is 12.7. The maximum absolute atomic E-state index is 14.0.